The first-order valence-corrected chi connectivity index (χ1v) is 7.87. The quantitative estimate of drug-likeness (QED) is 0.720. The Morgan fingerprint density at radius 3 is 2.48 bits per heavy atom. The second kappa shape index (κ2) is 7.69. The van der Waals surface area contributed by atoms with E-state index in [1.165, 1.54) is 31.2 Å². The molecule has 0 saturated carbocycles. The Hall–Kier alpha value is -2.35. The number of hydrogen-bond acceptors (Lipinski definition) is 3. The minimum atomic E-state index is -4.59. The van der Waals surface area contributed by atoms with Gasteiger partial charge in [-0.3, -0.25) is 9.59 Å². The van der Waals surface area contributed by atoms with Crippen LogP contribution >= 0.6 is 15.9 Å². The van der Waals surface area contributed by atoms with E-state index in [9.17, 15) is 22.8 Å². The molecule has 25 heavy (non-hydrogen) atoms. The molecule has 4 nitrogen and oxygen atoms in total. The summed E-state index contributed by atoms with van der Waals surface area (Å²) in [6, 6.07) is 9.30. The van der Waals surface area contributed by atoms with Gasteiger partial charge < -0.3 is 10.1 Å². The van der Waals surface area contributed by atoms with E-state index in [0.29, 0.717) is 4.47 Å². The second-order valence-corrected chi connectivity index (χ2v) is 5.99. The number of nitrogens with one attached hydrogen (secondary N) is 1. The molecule has 132 valence electrons. The summed E-state index contributed by atoms with van der Waals surface area (Å²) in [5.41, 5.74) is -1.04. The second-order valence-electron chi connectivity index (χ2n) is 5.08. The van der Waals surface area contributed by atoms with Gasteiger partial charge in [0.1, 0.15) is 5.75 Å². The Bertz CT molecular complexity index is 806. The SMILES string of the molecule is CC(=O)c1cc(Br)ccc1OCC(=O)Nc1ccccc1C(F)(F)F. The van der Waals surface area contributed by atoms with E-state index in [1.807, 2.05) is 0 Å². The number of Topliss-reactive ketones (excluding diaryl/α,β-unsaturated/α-hetero) is 1. The van der Waals surface area contributed by atoms with Crippen molar-refractivity contribution in [3.8, 4) is 5.75 Å². The monoisotopic (exact) mass is 415 g/mol. The molecular formula is C17H13BrF3NO3. The summed E-state index contributed by atoms with van der Waals surface area (Å²) >= 11 is 3.22. The van der Waals surface area contributed by atoms with Crippen LogP contribution in [0.4, 0.5) is 18.9 Å². The molecule has 0 aliphatic carbocycles. The van der Waals surface area contributed by atoms with Crippen molar-refractivity contribution in [2.24, 2.45) is 0 Å². The van der Waals surface area contributed by atoms with Crippen LogP contribution in [0, 0.1) is 0 Å². The molecule has 2 aromatic rings. The van der Waals surface area contributed by atoms with E-state index in [-0.39, 0.29) is 22.8 Å². The van der Waals surface area contributed by atoms with Gasteiger partial charge in [-0.25, -0.2) is 0 Å². The molecule has 0 spiro atoms. The van der Waals surface area contributed by atoms with Crippen molar-refractivity contribution in [1.29, 1.82) is 0 Å². The normalized spacial score (nSPS) is 11.1. The Morgan fingerprint density at radius 2 is 1.84 bits per heavy atom. The lowest BCUT2D eigenvalue weighted by Crippen LogP contribution is -2.22. The fourth-order valence-electron chi connectivity index (χ4n) is 2.07. The first kappa shape index (κ1) is 19.0. The van der Waals surface area contributed by atoms with Gasteiger partial charge in [0, 0.05) is 4.47 Å². The topological polar surface area (TPSA) is 55.4 Å². The minimum Gasteiger partial charge on any atom is -0.483 e. The van der Waals surface area contributed by atoms with Crippen molar-refractivity contribution < 1.29 is 27.5 Å². The van der Waals surface area contributed by atoms with Crippen LogP contribution in [0.1, 0.15) is 22.8 Å². The maximum absolute atomic E-state index is 12.9. The zero-order chi connectivity index (χ0) is 18.6. The van der Waals surface area contributed by atoms with E-state index in [0.717, 1.165) is 12.1 Å². The number of benzene rings is 2. The zero-order valence-corrected chi connectivity index (χ0v) is 14.6. The molecule has 1 amide bonds. The number of halogens is 4. The Morgan fingerprint density at radius 1 is 1.16 bits per heavy atom. The number of para-hydroxylation sites is 1. The maximum Gasteiger partial charge on any atom is 0.418 e. The Kier molecular flexibility index (Phi) is 5.84. The van der Waals surface area contributed by atoms with Crippen molar-refractivity contribution in [1.82, 2.24) is 0 Å². The first-order valence-electron chi connectivity index (χ1n) is 7.08. The number of anilines is 1. The molecule has 0 unspecified atom stereocenters. The van der Waals surface area contributed by atoms with Crippen LogP contribution in [-0.2, 0) is 11.0 Å². The molecule has 2 aromatic carbocycles. The van der Waals surface area contributed by atoms with Crippen LogP contribution in [0.25, 0.3) is 0 Å². The average molecular weight is 416 g/mol. The molecule has 0 aliphatic rings. The number of hydrogen-bond donors (Lipinski definition) is 1. The van der Waals surface area contributed by atoms with Gasteiger partial charge in [-0.15, -0.1) is 0 Å². The van der Waals surface area contributed by atoms with Gasteiger partial charge in [0.15, 0.2) is 12.4 Å². The number of ketones is 1. The third-order valence-corrected chi connectivity index (χ3v) is 3.68. The van der Waals surface area contributed by atoms with Crippen LogP contribution in [0.3, 0.4) is 0 Å². The van der Waals surface area contributed by atoms with Gasteiger partial charge >= 0.3 is 6.18 Å². The Labute approximate surface area is 150 Å². The molecule has 0 bridgehead atoms. The smallest absolute Gasteiger partial charge is 0.418 e. The third kappa shape index (κ3) is 5.06. The molecule has 0 fully saturated rings. The summed E-state index contributed by atoms with van der Waals surface area (Å²) in [6.07, 6.45) is -4.59. The van der Waals surface area contributed by atoms with Gasteiger partial charge in [-0.2, -0.15) is 13.2 Å². The van der Waals surface area contributed by atoms with Crippen molar-refractivity contribution >= 4 is 33.3 Å². The number of carbonyl (C=O) groups is 2. The summed E-state index contributed by atoms with van der Waals surface area (Å²) < 4.78 is 44.7. The summed E-state index contributed by atoms with van der Waals surface area (Å²) in [5, 5.41) is 2.17. The number of rotatable bonds is 5. The van der Waals surface area contributed by atoms with Gasteiger partial charge in [-0.05, 0) is 37.3 Å². The van der Waals surface area contributed by atoms with Crippen LogP contribution < -0.4 is 10.1 Å². The number of carbonyl (C=O) groups excluding carboxylic acids is 2. The van der Waals surface area contributed by atoms with E-state index in [4.69, 9.17) is 4.74 Å². The molecule has 0 radical (unpaired) electrons. The predicted octanol–water partition coefficient (Wildman–Crippen LogP) is 4.69. The van der Waals surface area contributed by atoms with E-state index < -0.39 is 24.3 Å². The minimum absolute atomic E-state index is 0.176. The lowest BCUT2D eigenvalue weighted by atomic mass is 10.1. The summed E-state index contributed by atoms with van der Waals surface area (Å²) in [4.78, 5) is 23.5. The van der Waals surface area contributed by atoms with Crippen LogP contribution in [0.5, 0.6) is 5.75 Å². The molecule has 0 aliphatic heterocycles. The zero-order valence-electron chi connectivity index (χ0n) is 13.0. The summed E-state index contributed by atoms with van der Waals surface area (Å²) in [5.74, 6) is -0.858. The average Bonchev–Trinajstić information content (AvgIpc) is 2.53. The molecule has 8 heteroatoms. The molecule has 0 aromatic heterocycles. The third-order valence-electron chi connectivity index (χ3n) is 3.19. The number of ether oxygens (including phenoxy) is 1. The molecule has 0 heterocycles. The summed E-state index contributed by atoms with van der Waals surface area (Å²) in [6.45, 7) is 0.808. The van der Waals surface area contributed by atoms with Crippen LogP contribution in [0.2, 0.25) is 0 Å². The van der Waals surface area contributed by atoms with Crippen LogP contribution in [0.15, 0.2) is 46.9 Å². The Balaban J connectivity index is 2.09. The maximum atomic E-state index is 12.9. The van der Waals surface area contributed by atoms with Crippen molar-refractivity contribution in [3.05, 3.63) is 58.1 Å². The molecule has 0 atom stereocenters. The molecule has 2 rings (SSSR count). The lowest BCUT2D eigenvalue weighted by molar-refractivity contribution is -0.137. The number of amides is 1. The van der Waals surface area contributed by atoms with E-state index in [1.54, 1.807) is 6.07 Å². The standard InChI is InChI=1S/C17H13BrF3NO3/c1-10(23)12-8-11(18)6-7-15(12)25-9-16(24)22-14-5-3-2-4-13(14)17(19,20)21/h2-8H,9H2,1H3,(H,22,24). The highest BCUT2D eigenvalue weighted by molar-refractivity contribution is 9.10. The lowest BCUT2D eigenvalue weighted by Gasteiger charge is -2.14. The van der Waals surface area contributed by atoms with Crippen molar-refractivity contribution in [3.63, 3.8) is 0 Å². The van der Waals surface area contributed by atoms with Crippen LogP contribution in [-0.4, -0.2) is 18.3 Å². The fourth-order valence-corrected chi connectivity index (χ4v) is 2.43. The molecule has 0 saturated heterocycles. The van der Waals surface area contributed by atoms with Gasteiger partial charge in [-0.1, -0.05) is 28.1 Å². The highest BCUT2D eigenvalue weighted by Crippen LogP contribution is 2.34. The van der Waals surface area contributed by atoms with Gasteiger partial charge in [0.25, 0.3) is 5.91 Å². The largest absolute Gasteiger partial charge is 0.483 e. The first-order chi connectivity index (χ1) is 11.7. The van der Waals surface area contributed by atoms with E-state index in [2.05, 4.69) is 21.2 Å². The predicted molar refractivity (Wildman–Crippen MR) is 89.7 cm³/mol. The molecule has 1 N–H and O–H groups in total. The van der Waals surface area contributed by atoms with Crippen molar-refractivity contribution in [2.75, 3.05) is 11.9 Å². The summed E-state index contributed by atoms with van der Waals surface area (Å²) in [7, 11) is 0. The van der Waals surface area contributed by atoms with E-state index >= 15 is 0 Å². The van der Waals surface area contributed by atoms with Crippen molar-refractivity contribution in [2.45, 2.75) is 13.1 Å². The highest BCUT2D eigenvalue weighted by atomic mass is 79.9. The molecular weight excluding hydrogens is 403 g/mol. The van der Waals surface area contributed by atoms with Gasteiger partial charge in [0.05, 0.1) is 16.8 Å². The highest BCUT2D eigenvalue weighted by Gasteiger charge is 2.33. The van der Waals surface area contributed by atoms with Gasteiger partial charge in [0.2, 0.25) is 0 Å². The fraction of sp³-hybridized carbons (Fsp3) is 0.176. The number of alkyl halides is 3.